The van der Waals surface area contributed by atoms with Gasteiger partial charge in [0, 0.05) is 63.5 Å². The van der Waals surface area contributed by atoms with E-state index < -0.39 is 0 Å². The Labute approximate surface area is 156 Å². The molecule has 4 heterocycles. The molecule has 0 fully saturated rings. The average molecular weight is 367 g/mol. The van der Waals surface area contributed by atoms with Crippen LogP contribution in [0.25, 0.3) is 0 Å². The van der Waals surface area contributed by atoms with E-state index in [0.29, 0.717) is 24.5 Å². The van der Waals surface area contributed by atoms with E-state index in [4.69, 9.17) is 4.74 Å². The summed E-state index contributed by atoms with van der Waals surface area (Å²) in [6.45, 7) is 3.31. The van der Waals surface area contributed by atoms with Gasteiger partial charge in [0.15, 0.2) is 0 Å². The van der Waals surface area contributed by atoms with E-state index >= 15 is 0 Å². The summed E-state index contributed by atoms with van der Waals surface area (Å²) in [6.07, 6.45) is 7.28. The van der Waals surface area contributed by atoms with Crippen molar-refractivity contribution >= 4 is 5.91 Å². The number of aromatic nitrogens is 6. The SMILES string of the molecule is Cc1nn(C)cc1C(=O)N1CCc2c(c(COc3cnccn3)nn2C)C1. The highest BCUT2D eigenvalue weighted by atomic mass is 16.5. The second kappa shape index (κ2) is 6.82. The predicted octanol–water partition coefficient (Wildman–Crippen LogP) is 1.03. The van der Waals surface area contributed by atoms with Crippen molar-refractivity contribution in [2.24, 2.45) is 14.1 Å². The molecule has 27 heavy (non-hydrogen) atoms. The maximum atomic E-state index is 12.9. The first kappa shape index (κ1) is 17.2. The fraction of sp³-hybridized carbons (Fsp3) is 0.389. The molecule has 9 heteroatoms. The molecule has 1 amide bonds. The highest BCUT2D eigenvalue weighted by Gasteiger charge is 2.28. The van der Waals surface area contributed by atoms with Gasteiger partial charge in [0.05, 0.1) is 17.5 Å². The number of aryl methyl sites for hydroxylation is 3. The van der Waals surface area contributed by atoms with Crippen molar-refractivity contribution in [1.82, 2.24) is 34.4 Å². The summed E-state index contributed by atoms with van der Waals surface area (Å²) < 4.78 is 9.25. The summed E-state index contributed by atoms with van der Waals surface area (Å²) >= 11 is 0. The van der Waals surface area contributed by atoms with Gasteiger partial charge < -0.3 is 9.64 Å². The minimum atomic E-state index is -0.00380. The van der Waals surface area contributed by atoms with Crippen molar-refractivity contribution in [3.63, 3.8) is 0 Å². The lowest BCUT2D eigenvalue weighted by molar-refractivity contribution is 0.0731. The molecule has 3 aromatic rings. The Bertz CT molecular complexity index is 977. The van der Waals surface area contributed by atoms with Crippen LogP contribution in [0.1, 0.15) is 33.0 Å². The quantitative estimate of drug-likeness (QED) is 0.684. The first-order valence-electron chi connectivity index (χ1n) is 8.75. The molecule has 0 atom stereocenters. The van der Waals surface area contributed by atoms with E-state index in [0.717, 1.165) is 29.1 Å². The molecule has 0 saturated carbocycles. The lowest BCUT2D eigenvalue weighted by Gasteiger charge is -2.27. The number of carbonyl (C=O) groups is 1. The van der Waals surface area contributed by atoms with Crippen LogP contribution in [0.2, 0.25) is 0 Å². The number of fused-ring (bicyclic) bond motifs is 1. The topological polar surface area (TPSA) is 91.0 Å². The van der Waals surface area contributed by atoms with Crippen LogP contribution in [0.5, 0.6) is 5.88 Å². The summed E-state index contributed by atoms with van der Waals surface area (Å²) in [5.74, 6) is 0.447. The molecule has 0 radical (unpaired) electrons. The van der Waals surface area contributed by atoms with E-state index in [9.17, 15) is 4.79 Å². The van der Waals surface area contributed by atoms with E-state index in [1.54, 1.807) is 29.5 Å². The molecule has 0 spiro atoms. The maximum absolute atomic E-state index is 12.9. The Morgan fingerprint density at radius 3 is 2.81 bits per heavy atom. The molecule has 0 unspecified atom stereocenters. The number of rotatable bonds is 4. The smallest absolute Gasteiger partial charge is 0.257 e. The number of carbonyl (C=O) groups excluding carboxylic acids is 1. The minimum absolute atomic E-state index is 0.00380. The molecule has 0 bridgehead atoms. The molecule has 0 aromatic carbocycles. The van der Waals surface area contributed by atoms with Crippen LogP contribution in [0, 0.1) is 6.92 Å². The number of ether oxygens (including phenoxy) is 1. The molecule has 9 nitrogen and oxygen atoms in total. The van der Waals surface area contributed by atoms with E-state index in [2.05, 4.69) is 20.2 Å². The van der Waals surface area contributed by atoms with Crippen molar-refractivity contribution in [3.8, 4) is 5.88 Å². The molecule has 140 valence electrons. The van der Waals surface area contributed by atoms with Crippen LogP contribution in [0.15, 0.2) is 24.8 Å². The highest BCUT2D eigenvalue weighted by Crippen LogP contribution is 2.24. The Balaban J connectivity index is 1.54. The molecule has 3 aromatic heterocycles. The highest BCUT2D eigenvalue weighted by molar-refractivity contribution is 5.95. The van der Waals surface area contributed by atoms with Crippen LogP contribution < -0.4 is 4.74 Å². The van der Waals surface area contributed by atoms with E-state index in [-0.39, 0.29) is 12.5 Å². The largest absolute Gasteiger partial charge is 0.470 e. The molecular weight excluding hydrogens is 346 g/mol. The molecule has 0 aliphatic carbocycles. The van der Waals surface area contributed by atoms with E-state index in [1.807, 2.05) is 30.6 Å². The van der Waals surface area contributed by atoms with Crippen LogP contribution in [0.3, 0.4) is 0 Å². The number of hydrogen-bond donors (Lipinski definition) is 0. The Morgan fingerprint density at radius 1 is 1.26 bits per heavy atom. The van der Waals surface area contributed by atoms with Gasteiger partial charge in [0.2, 0.25) is 5.88 Å². The van der Waals surface area contributed by atoms with Gasteiger partial charge in [0.1, 0.15) is 12.3 Å². The van der Waals surface area contributed by atoms with Crippen LogP contribution >= 0.6 is 0 Å². The van der Waals surface area contributed by atoms with Crippen LogP contribution in [-0.2, 0) is 33.7 Å². The van der Waals surface area contributed by atoms with Gasteiger partial charge in [-0.1, -0.05) is 0 Å². The summed E-state index contributed by atoms with van der Waals surface area (Å²) in [6, 6.07) is 0. The molecule has 1 aliphatic rings. The van der Waals surface area contributed by atoms with Crippen molar-refractivity contribution in [3.05, 3.63) is 53.0 Å². The lowest BCUT2D eigenvalue weighted by atomic mass is 10.0. The lowest BCUT2D eigenvalue weighted by Crippen LogP contribution is -2.36. The summed E-state index contributed by atoms with van der Waals surface area (Å²) in [4.78, 5) is 22.9. The fourth-order valence-electron chi connectivity index (χ4n) is 3.44. The zero-order chi connectivity index (χ0) is 19.0. The second-order valence-corrected chi connectivity index (χ2v) is 6.61. The third-order valence-corrected chi connectivity index (χ3v) is 4.75. The zero-order valence-corrected chi connectivity index (χ0v) is 15.6. The molecule has 1 aliphatic heterocycles. The maximum Gasteiger partial charge on any atom is 0.257 e. The predicted molar refractivity (Wildman–Crippen MR) is 96.0 cm³/mol. The zero-order valence-electron chi connectivity index (χ0n) is 15.6. The van der Waals surface area contributed by atoms with Gasteiger partial charge in [-0.15, -0.1) is 0 Å². The van der Waals surface area contributed by atoms with E-state index in [1.165, 1.54) is 0 Å². The Hall–Kier alpha value is -3.23. The summed E-state index contributed by atoms with van der Waals surface area (Å²) in [5.41, 5.74) is 4.38. The molecule has 4 rings (SSSR count). The third-order valence-electron chi connectivity index (χ3n) is 4.75. The van der Waals surface area contributed by atoms with Crippen molar-refractivity contribution < 1.29 is 9.53 Å². The first-order chi connectivity index (χ1) is 13.0. The Morgan fingerprint density at radius 2 is 2.11 bits per heavy atom. The molecular formula is C18H21N7O2. The van der Waals surface area contributed by atoms with Crippen molar-refractivity contribution in [1.29, 1.82) is 0 Å². The second-order valence-electron chi connectivity index (χ2n) is 6.61. The fourth-order valence-corrected chi connectivity index (χ4v) is 3.44. The Kier molecular flexibility index (Phi) is 4.35. The van der Waals surface area contributed by atoms with Gasteiger partial charge in [0.25, 0.3) is 5.91 Å². The standard InChI is InChI=1S/C18H21N7O2/c1-12-13(9-23(2)21-12)18(26)25-7-4-16-14(10-25)15(22-24(16)3)11-27-17-8-19-5-6-20-17/h5-6,8-9H,4,7,10-11H2,1-3H3. The number of hydrogen-bond acceptors (Lipinski definition) is 6. The van der Waals surface area contributed by atoms with Crippen molar-refractivity contribution in [2.75, 3.05) is 6.54 Å². The number of amides is 1. The van der Waals surface area contributed by atoms with Crippen LogP contribution in [-0.4, -0.2) is 46.9 Å². The first-order valence-corrected chi connectivity index (χ1v) is 8.75. The van der Waals surface area contributed by atoms with Gasteiger partial charge in [-0.2, -0.15) is 10.2 Å². The monoisotopic (exact) mass is 367 g/mol. The number of nitrogens with zero attached hydrogens (tertiary/aromatic N) is 7. The van der Waals surface area contributed by atoms with Gasteiger partial charge in [-0.25, -0.2) is 4.98 Å². The van der Waals surface area contributed by atoms with Gasteiger partial charge in [-0.3, -0.25) is 19.1 Å². The van der Waals surface area contributed by atoms with Crippen LogP contribution in [0.4, 0.5) is 0 Å². The molecule has 0 saturated heterocycles. The van der Waals surface area contributed by atoms with Gasteiger partial charge in [-0.05, 0) is 6.92 Å². The molecule has 0 N–H and O–H groups in total. The average Bonchev–Trinajstić information content (AvgIpc) is 3.18. The minimum Gasteiger partial charge on any atom is -0.470 e. The van der Waals surface area contributed by atoms with Gasteiger partial charge >= 0.3 is 0 Å². The summed E-state index contributed by atoms with van der Waals surface area (Å²) in [5, 5.41) is 8.86. The van der Waals surface area contributed by atoms with Crippen molar-refractivity contribution in [2.45, 2.75) is 26.5 Å². The normalized spacial score (nSPS) is 13.5. The third kappa shape index (κ3) is 3.27. The summed E-state index contributed by atoms with van der Waals surface area (Å²) in [7, 11) is 3.74.